The maximum absolute atomic E-state index is 5.97. The Bertz CT molecular complexity index is 201. The zero-order chi connectivity index (χ0) is 12.8. The monoisotopic (exact) mass is 240 g/mol. The fourth-order valence-electron chi connectivity index (χ4n) is 3.57. The molecule has 0 aromatic rings. The summed E-state index contributed by atoms with van der Waals surface area (Å²) in [5.41, 5.74) is 5.97. The first-order valence-electron chi connectivity index (χ1n) is 7.59. The lowest BCUT2D eigenvalue weighted by Crippen LogP contribution is -2.49. The van der Waals surface area contributed by atoms with Crippen LogP contribution in [-0.4, -0.2) is 30.6 Å². The second-order valence-corrected chi connectivity index (χ2v) is 5.79. The second-order valence-electron chi connectivity index (χ2n) is 5.79. The van der Waals surface area contributed by atoms with E-state index in [-0.39, 0.29) is 0 Å². The summed E-state index contributed by atoms with van der Waals surface area (Å²) in [4.78, 5) is 2.64. The Hall–Kier alpha value is -0.0800. The average Bonchev–Trinajstić information content (AvgIpc) is 2.39. The largest absolute Gasteiger partial charge is 0.330 e. The van der Waals surface area contributed by atoms with Gasteiger partial charge in [-0.25, -0.2) is 0 Å². The lowest BCUT2D eigenvalue weighted by atomic mass is 9.76. The van der Waals surface area contributed by atoms with Crippen molar-refractivity contribution >= 4 is 0 Å². The Morgan fingerprint density at radius 2 is 1.82 bits per heavy atom. The molecule has 1 fully saturated rings. The van der Waals surface area contributed by atoms with Crippen molar-refractivity contribution in [3.05, 3.63) is 0 Å². The van der Waals surface area contributed by atoms with Gasteiger partial charge in [0.15, 0.2) is 0 Å². The van der Waals surface area contributed by atoms with Gasteiger partial charge in [0.1, 0.15) is 0 Å². The van der Waals surface area contributed by atoms with Crippen molar-refractivity contribution in [3.63, 3.8) is 0 Å². The van der Waals surface area contributed by atoms with E-state index in [0.29, 0.717) is 0 Å². The summed E-state index contributed by atoms with van der Waals surface area (Å²) in [5.74, 6) is 1.66. The predicted molar refractivity (Wildman–Crippen MR) is 76.1 cm³/mol. The van der Waals surface area contributed by atoms with E-state index in [1.54, 1.807) is 0 Å². The van der Waals surface area contributed by atoms with E-state index < -0.39 is 0 Å². The first-order chi connectivity index (χ1) is 8.17. The van der Waals surface area contributed by atoms with Gasteiger partial charge in [0, 0.05) is 12.1 Å². The minimum Gasteiger partial charge on any atom is -0.330 e. The van der Waals surface area contributed by atoms with E-state index in [1.165, 1.54) is 38.5 Å². The molecule has 3 unspecified atom stereocenters. The molecule has 102 valence electrons. The lowest BCUT2D eigenvalue weighted by molar-refractivity contribution is 0.0650. The van der Waals surface area contributed by atoms with E-state index in [4.69, 9.17) is 5.73 Å². The lowest BCUT2D eigenvalue weighted by Gasteiger charge is -2.44. The van der Waals surface area contributed by atoms with Crippen LogP contribution in [0.2, 0.25) is 0 Å². The van der Waals surface area contributed by atoms with Crippen LogP contribution in [0.25, 0.3) is 0 Å². The minimum atomic E-state index is 0.725. The molecule has 1 aliphatic carbocycles. The summed E-state index contributed by atoms with van der Waals surface area (Å²) in [5, 5.41) is 0. The third-order valence-electron chi connectivity index (χ3n) is 4.99. The standard InChI is InChI=1S/C15H32N2/c1-5-12-8-9-13(11-16)15(10-12)17(4)14(6-2)7-3/h12-15H,5-11,16H2,1-4H3. The minimum absolute atomic E-state index is 0.725. The first-order valence-corrected chi connectivity index (χ1v) is 7.59. The Labute approximate surface area is 108 Å². The third-order valence-corrected chi connectivity index (χ3v) is 4.99. The Morgan fingerprint density at radius 3 is 2.29 bits per heavy atom. The molecule has 1 rings (SSSR count). The topological polar surface area (TPSA) is 29.3 Å². The molecular formula is C15H32N2. The molecule has 0 aromatic heterocycles. The highest BCUT2D eigenvalue weighted by Gasteiger charge is 2.33. The summed E-state index contributed by atoms with van der Waals surface area (Å²) in [7, 11) is 2.32. The second kappa shape index (κ2) is 7.38. The summed E-state index contributed by atoms with van der Waals surface area (Å²) < 4.78 is 0. The van der Waals surface area contributed by atoms with Crippen molar-refractivity contribution in [2.45, 2.75) is 71.4 Å². The van der Waals surface area contributed by atoms with Gasteiger partial charge in [-0.15, -0.1) is 0 Å². The quantitative estimate of drug-likeness (QED) is 0.772. The van der Waals surface area contributed by atoms with Gasteiger partial charge in [0.05, 0.1) is 0 Å². The van der Waals surface area contributed by atoms with Crippen LogP contribution in [0.1, 0.15) is 59.3 Å². The molecule has 2 heteroatoms. The van der Waals surface area contributed by atoms with Crippen molar-refractivity contribution in [1.29, 1.82) is 0 Å². The molecule has 0 heterocycles. The zero-order valence-corrected chi connectivity index (χ0v) is 12.3. The maximum atomic E-state index is 5.97. The molecule has 1 saturated carbocycles. The van der Waals surface area contributed by atoms with Crippen LogP contribution in [0.4, 0.5) is 0 Å². The molecule has 0 bridgehead atoms. The van der Waals surface area contributed by atoms with E-state index in [2.05, 4.69) is 32.7 Å². The first kappa shape index (κ1) is 15.0. The molecule has 17 heavy (non-hydrogen) atoms. The van der Waals surface area contributed by atoms with Crippen LogP contribution in [0.5, 0.6) is 0 Å². The van der Waals surface area contributed by atoms with Gasteiger partial charge in [0.25, 0.3) is 0 Å². The molecular weight excluding hydrogens is 208 g/mol. The fourth-order valence-corrected chi connectivity index (χ4v) is 3.57. The molecule has 1 aliphatic rings. The molecule has 0 aliphatic heterocycles. The molecule has 2 nitrogen and oxygen atoms in total. The van der Waals surface area contributed by atoms with E-state index >= 15 is 0 Å². The van der Waals surface area contributed by atoms with Crippen LogP contribution in [0.15, 0.2) is 0 Å². The molecule has 0 saturated heterocycles. The van der Waals surface area contributed by atoms with Crippen molar-refractivity contribution in [2.24, 2.45) is 17.6 Å². The number of rotatable bonds is 6. The number of hydrogen-bond acceptors (Lipinski definition) is 2. The van der Waals surface area contributed by atoms with E-state index in [0.717, 1.165) is 30.5 Å². The van der Waals surface area contributed by atoms with Gasteiger partial charge in [0.2, 0.25) is 0 Å². The average molecular weight is 240 g/mol. The van der Waals surface area contributed by atoms with Crippen LogP contribution >= 0.6 is 0 Å². The van der Waals surface area contributed by atoms with Gasteiger partial charge in [-0.05, 0) is 51.1 Å². The Kier molecular flexibility index (Phi) is 6.50. The summed E-state index contributed by atoms with van der Waals surface area (Å²) in [6, 6.07) is 1.47. The fraction of sp³-hybridized carbons (Fsp3) is 1.00. The van der Waals surface area contributed by atoms with Gasteiger partial charge < -0.3 is 10.6 Å². The number of nitrogens with zero attached hydrogens (tertiary/aromatic N) is 1. The SMILES string of the molecule is CCC1CCC(CN)C(N(C)C(CC)CC)C1. The predicted octanol–water partition coefficient (Wildman–Crippen LogP) is 3.26. The number of nitrogens with two attached hydrogens (primary N) is 1. The number of hydrogen-bond donors (Lipinski definition) is 1. The van der Waals surface area contributed by atoms with Gasteiger partial charge in [-0.1, -0.05) is 33.6 Å². The molecule has 0 aromatic carbocycles. The van der Waals surface area contributed by atoms with E-state index in [1.807, 2.05) is 0 Å². The van der Waals surface area contributed by atoms with E-state index in [9.17, 15) is 0 Å². The molecule has 0 amide bonds. The maximum Gasteiger partial charge on any atom is 0.0138 e. The van der Waals surface area contributed by atoms with Crippen LogP contribution in [-0.2, 0) is 0 Å². The zero-order valence-electron chi connectivity index (χ0n) is 12.3. The molecule has 2 N–H and O–H groups in total. The Balaban J connectivity index is 2.67. The molecule has 0 spiro atoms. The van der Waals surface area contributed by atoms with Crippen molar-refractivity contribution in [2.75, 3.05) is 13.6 Å². The summed E-state index contributed by atoms with van der Waals surface area (Å²) in [6.07, 6.45) is 7.96. The van der Waals surface area contributed by atoms with Crippen molar-refractivity contribution in [3.8, 4) is 0 Å². The highest BCUT2D eigenvalue weighted by Crippen LogP contribution is 2.34. The van der Waals surface area contributed by atoms with Gasteiger partial charge in [-0.3, -0.25) is 0 Å². The Morgan fingerprint density at radius 1 is 1.18 bits per heavy atom. The summed E-state index contributed by atoms with van der Waals surface area (Å²) >= 11 is 0. The van der Waals surface area contributed by atoms with Crippen molar-refractivity contribution < 1.29 is 0 Å². The molecule has 0 radical (unpaired) electrons. The smallest absolute Gasteiger partial charge is 0.0138 e. The summed E-state index contributed by atoms with van der Waals surface area (Å²) in [6.45, 7) is 7.82. The van der Waals surface area contributed by atoms with Crippen LogP contribution in [0.3, 0.4) is 0 Å². The van der Waals surface area contributed by atoms with Crippen molar-refractivity contribution in [1.82, 2.24) is 4.90 Å². The third kappa shape index (κ3) is 3.69. The normalized spacial score (nSPS) is 30.2. The van der Waals surface area contributed by atoms with Crippen LogP contribution in [0, 0.1) is 11.8 Å². The van der Waals surface area contributed by atoms with Gasteiger partial charge >= 0.3 is 0 Å². The van der Waals surface area contributed by atoms with Gasteiger partial charge in [-0.2, -0.15) is 0 Å². The van der Waals surface area contributed by atoms with Crippen LogP contribution < -0.4 is 5.73 Å². The highest BCUT2D eigenvalue weighted by atomic mass is 15.2. The molecule has 3 atom stereocenters. The highest BCUT2D eigenvalue weighted by molar-refractivity contribution is 4.88.